The average molecular weight is 313 g/mol. The van der Waals surface area contributed by atoms with Gasteiger partial charge in [-0.25, -0.2) is 0 Å². The molecular weight excluding hydrogens is 298 g/mol. The number of benzene rings is 1. The van der Waals surface area contributed by atoms with Gasteiger partial charge >= 0.3 is 0 Å². The quantitative estimate of drug-likeness (QED) is 0.667. The summed E-state index contributed by atoms with van der Waals surface area (Å²) in [5.41, 5.74) is 1.15. The molecule has 2 fully saturated rings. The van der Waals surface area contributed by atoms with Gasteiger partial charge < -0.3 is 14.4 Å². The van der Waals surface area contributed by atoms with Crippen molar-refractivity contribution in [1.82, 2.24) is 4.90 Å². The summed E-state index contributed by atoms with van der Waals surface area (Å²) in [5, 5.41) is 0. The molecule has 1 aromatic carbocycles. The second-order valence-corrected chi connectivity index (χ2v) is 6.70. The monoisotopic (exact) mass is 313 g/mol. The highest BCUT2D eigenvalue weighted by Gasteiger charge is 2.61. The van der Waals surface area contributed by atoms with Crippen LogP contribution in [0, 0.1) is 0 Å². The molecule has 0 bridgehead atoms. The first-order valence-electron chi connectivity index (χ1n) is 7.90. The Kier molecular flexibility index (Phi) is 2.35. The van der Waals surface area contributed by atoms with Gasteiger partial charge in [-0.15, -0.1) is 0 Å². The fourth-order valence-corrected chi connectivity index (χ4v) is 4.69. The molecule has 4 aliphatic rings. The summed E-state index contributed by atoms with van der Waals surface area (Å²) in [7, 11) is 0. The number of rotatable bonds is 0. The molecule has 118 valence electrons. The van der Waals surface area contributed by atoms with Crippen molar-refractivity contribution in [2.45, 2.75) is 37.1 Å². The minimum Gasteiger partial charge on any atom is -0.454 e. The van der Waals surface area contributed by atoms with E-state index in [9.17, 15) is 14.4 Å². The lowest BCUT2D eigenvalue weighted by molar-refractivity contribution is -0.134. The summed E-state index contributed by atoms with van der Waals surface area (Å²) in [4.78, 5) is 38.9. The van der Waals surface area contributed by atoms with Gasteiger partial charge in [0.15, 0.2) is 11.5 Å². The maximum atomic E-state index is 12.6. The smallest absolute Gasteiger partial charge is 0.231 e. The van der Waals surface area contributed by atoms with E-state index in [0.717, 1.165) is 11.1 Å². The average Bonchev–Trinajstić information content (AvgIpc) is 3.14. The van der Waals surface area contributed by atoms with E-state index in [4.69, 9.17) is 9.47 Å². The number of nitrogens with zero attached hydrogens (tertiary/aromatic N) is 1. The topological polar surface area (TPSA) is 72.9 Å². The Morgan fingerprint density at radius 2 is 1.87 bits per heavy atom. The third-order valence-corrected chi connectivity index (χ3v) is 5.70. The van der Waals surface area contributed by atoms with Crippen LogP contribution in [0.1, 0.15) is 36.3 Å². The van der Waals surface area contributed by atoms with E-state index in [0.29, 0.717) is 37.3 Å². The predicted molar refractivity (Wildman–Crippen MR) is 77.3 cm³/mol. The molecule has 3 aliphatic heterocycles. The van der Waals surface area contributed by atoms with Crippen LogP contribution >= 0.6 is 0 Å². The van der Waals surface area contributed by atoms with E-state index in [1.807, 2.05) is 12.1 Å². The highest BCUT2D eigenvalue weighted by molar-refractivity contribution is 6.42. The maximum absolute atomic E-state index is 12.6. The highest BCUT2D eigenvalue weighted by atomic mass is 16.7. The van der Waals surface area contributed by atoms with E-state index in [1.165, 1.54) is 0 Å². The molecule has 3 heterocycles. The molecule has 1 aliphatic carbocycles. The van der Waals surface area contributed by atoms with Crippen LogP contribution < -0.4 is 9.47 Å². The predicted octanol–water partition coefficient (Wildman–Crippen LogP) is 0.958. The Morgan fingerprint density at radius 3 is 2.70 bits per heavy atom. The van der Waals surface area contributed by atoms with E-state index in [1.54, 1.807) is 4.90 Å². The van der Waals surface area contributed by atoms with Crippen molar-refractivity contribution >= 4 is 17.5 Å². The number of ether oxygens (including phenoxy) is 2. The maximum Gasteiger partial charge on any atom is 0.231 e. The first-order chi connectivity index (χ1) is 11.1. The number of carbonyl (C=O) groups excluding carboxylic acids is 3. The minimum absolute atomic E-state index is 0.0466. The molecule has 2 unspecified atom stereocenters. The molecule has 0 N–H and O–H groups in total. The van der Waals surface area contributed by atoms with Crippen LogP contribution in [0.2, 0.25) is 0 Å². The van der Waals surface area contributed by atoms with E-state index >= 15 is 0 Å². The zero-order valence-electron chi connectivity index (χ0n) is 12.5. The van der Waals surface area contributed by atoms with Crippen LogP contribution in [0.25, 0.3) is 0 Å². The van der Waals surface area contributed by atoms with Gasteiger partial charge in [-0.2, -0.15) is 0 Å². The fraction of sp³-hybridized carbons (Fsp3) is 0.471. The van der Waals surface area contributed by atoms with Gasteiger partial charge in [-0.3, -0.25) is 14.4 Å². The molecule has 1 amide bonds. The molecule has 0 radical (unpaired) electrons. The molecule has 6 heteroatoms. The van der Waals surface area contributed by atoms with Gasteiger partial charge in [0.2, 0.25) is 24.3 Å². The van der Waals surface area contributed by atoms with Crippen molar-refractivity contribution < 1.29 is 23.9 Å². The zero-order valence-corrected chi connectivity index (χ0v) is 12.5. The van der Waals surface area contributed by atoms with Crippen LogP contribution in [0.3, 0.4) is 0 Å². The second kappa shape index (κ2) is 4.13. The standard InChI is InChI=1S/C17H15NO5/c19-11-7-17-3-1-14(20)18(17)4-2-9-5-12-13(23-8-22-12)6-10(9)15(17)16(11)21/h5-6,15H,1-4,7-8H2. The number of carbonyl (C=O) groups is 3. The van der Waals surface area contributed by atoms with Gasteiger partial charge in [-0.05, 0) is 36.1 Å². The van der Waals surface area contributed by atoms with Crippen molar-refractivity contribution in [2.75, 3.05) is 13.3 Å². The molecule has 2 atom stereocenters. The number of hydrogen-bond acceptors (Lipinski definition) is 5. The Morgan fingerprint density at radius 1 is 1.09 bits per heavy atom. The molecule has 23 heavy (non-hydrogen) atoms. The number of hydrogen-bond donors (Lipinski definition) is 0. The van der Waals surface area contributed by atoms with Gasteiger partial charge in [-0.1, -0.05) is 0 Å². The van der Waals surface area contributed by atoms with Gasteiger partial charge in [0, 0.05) is 19.4 Å². The summed E-state index contributed by atoms with van der Waals surface area (Å²) in [6.45, 7) is 0.716. The fourth-order valence-electron chi connectivity index (χ4n) is 4.69. The zero-order chi connectivity index (χ0) is 15.8. The molecule has 1 saturated heterocycles. The Labute approximate surface area is 132 Å². The third kappa shape index (κ3) is 1.51. The lowest BCUT2D eigenvalue weighted by Gasteiger charge is -2.37. The van der Waals surface area contributed by atoms with Crippen molar-refractivity contribution in [3.63, 3.8) is 0 Å². The molecule has 0 aromatic heterocycles. The third-order valence-electron chi connectivity index (χ3n) is 5.70. The number of ketones is 2. The minimum atomic E-state index is -0.663. The van der Waals surface area contributed by atoms with Crippen LogP contribution in [-0.2, 0) is 20.8 Å². The molecule has 1 spiro atoms. The van der Waals surface area contributed by atoms with Crippen LogP contribution in [-0.4, -0.2) is 41.3 Å². The molecule has 1 saturated carbocycles. The summed E-state index contributed by atoms with van der Waals surface area (Å²) >= 11 is 0. The van der Waals surface area contributed by atoms with Crippen LogP contribution in [0.4, 0.5) is 0 Å². The summed E-state index contributed by atoms with van der Waals surface area (Å²) in [6, 6.07) is 3.74. The SMILES string of the molecule is O=C1CC23CCC(=O)N2CCc2cc4c(cc2C3C1=O)OCO4. The van der Waals surface area contributed by atoms with E-state index < -0.39 is 11.5 Å². The van der Waals surface area contributed by atoms with Gasteiger partial charge in [0.25, 0.3) is 0 Å². The van der Waals surface area contributed by atoms with Crippen molar-refractivity contribution in [1.29, 1.82) is 0 Å². The van der Waals surface area contributed by atoms with Gasteiger partial charge in [0.05, 0.1) is 11.5 Å². The van der Waals surface area contributed by atoms with Crippen molar-refractivity contribution in [3.05, 3.63) is 23.3 Å². The lowest BCUT2D eigenvalue weighted by atomic mass is 9.79. The summed E-state index contributed by atoms with van der Waals surface area (Å²) in [6.07, 6.45) is 1.80. The largest absolute Gasteiger partial charge is 0.454 e. The molecular formula is C17H15NO5. The second-order valence-electron chi connectivity index (χ2n) is 6.70. The normalized spacial score (nSPS) is 31.0. The Bertz CT molecular complexity index is 785. The lowest BCUT2D eigenvalue weighted by Crippen LogP contribution is -2.47. The van der Waals surface area contributed by atoms with Crippen molar-refractivity contribution in [2.24, 2.45) is 0 Å². The number of fused-ring (bicyclic) bond motifs is 3. The summed E-state index contributed by atoms with van der Waals surface area (Å²) in [5.74, 6) is 0.0394. The highest BCUT2D eigenvalue weighted by Crippen LogP contribution is 2.53. The van der Waals surface area contributed by atoms with Crippen molar-refractivity contribution in [3.8, 4) is 11.5 Å². The van der Waals surface area contributed by atoms with Crippen LogP contribution in [0.5, 0.6) is 11.5 Å². The van der Waals surface area contributed by atoms with Crippen LogP contribution in [0.15, 0.2) is 12.1 Å². The summed E-state index contributed by atoms with van der Waals surface area (Å²) < 4.78 is 10.9. The van der Waals surface area contributed by atoms with E-state index in [-0.39, 0.29) is 30.7 Å². The first-order valence-corrected chi connectivity index (χ1v) is 7.90. The molecule has 5 rings (SSSR count). The number of amides is 1. The number of Topliss-reactive ketones (excluding diaryl/α,β-unsaturated/α-hetero) is 2. The Hall–Kier alpha value is -2.37. The first kappa shape index (κ1) is 13.1. The molecule has 1 aromatic rings. The van der Waals surface area contributed by atoms with E-state index in [2.05, 4.69) is 0 Å². The molecule has 6 nitrogen and oxygen atoms in total. The van der Waals surface area contributed by atoms with Gasteiger partial charge in [0.1, 0.15) is 0 Å². The Balaban J connectivity index is 1.75.